The van der Waals surface area contributed by atoms with E-state index in [1.807, 2.05) is 39.1 Å². The summed E-state index contributed by atoms with van der Waals surface area (Å²) in [5, 5.41) is 3.29. The Bertz CT molecular complexity index is 272. The third-order valence-electron chi connectivity index (χ3n) is 2.01. The molecule has 3 nitrogen and oxygen atoms in total. The quantitative estimate of drug-likeness (QED) is 0.768. The highest BCUT2D eigenvalue weighted by Crippen LogP contribution is 2.08. The lowest BCUT2D eigenvalue weighted by Crippen LogP contribution is -2.34. The lowest BCUT2D eigenvalue weighted by Gasteiger charge is -2.18. The lowest BCUT2D eigenvalue weighted by molar-refractivity contribution is 0.491. The molecule has 0 amide bonds. The van der Waals surface area contributed by atoms with Crippen molar-refractivity contribution in [1.82, 2.24) is 4.98 Å². The standard InChI is InChI=1S/C11H19N3/c1-9-4-5-10(8-14-9)13-7-6-11(2,3)12/h4-5,8,13H,6-7,12H2,1-3H3. The van der Waals surface area contributed by atoms with E-state index in [1.54, 1.807) is 0 Å². The third-order valence-corrected chi connectivity index (χ3v) is 2.01. The zero-order valence-corrected chi connectivity index (χ0v) is 9.17. The first-order chi connectivity index (χ1) is 6.47. The van der Waals surface area contributed by atoms with Gasteiger partial charge in [-0.25, -0.2) is 0 Å². The molecule has 0 saturated heterocycles. The highest BCUT2D eigenvalue weighted by Gasteiger charge is 2.08. The summed E-state index contributed by atoms with van der Waals surface area (Å²) in [6, 6.07) is 4.03. The number of hydrogen-bond acceptors (Lipinski definition) is 3. The van der Waals surface area contributed by atoms with Gasteiger partial charge >= 0.3 is 0 Å². The van der Waals surface area contributed by atoms with Gasteiger partial charge in [0.15, 0.2) is 0 Å². The minimum atomic E-state index is -0.106. The fourth-order valence-corrected chi connectivity index (χ4v) is 1.10. The summed E-state index contributed by atoms with van der Waals surface area (Å²) < 4.78 is 0. The Labute approximate surface area is 85.7 Å². The van der Waals surface area contributed by atoms with Crippen molar-refractivity contribution in [2.45, 2.75) is 32.7 Å². The van der Waals surface area contributed by atoms with Gasteiger partial charge in [-0.2, -0.15) is 0 Å². The van der Waals surface area contributed by atoms with E-state index >= 15 is 0 Å². The summed E-state index contributed by atoms with van der Waals surface area (Å²) in [6.07, 6.45) is 2.79. The second kappa shape index (κ2) is 4.42. The number of nitrogens with one attached hydrogen (secondary N) is 1. The molecule has 3 N–H and O–H groups in total. The maximum absolute atomic E-state index is 5.87. The summed E-state index contributed by atoms with van der Waals surface area (Å²) >= 11 is 0. The molecule has 0 aromatic carbocycles. The average molecular weight is 193 g/mol. The summed E-state index contributed by atoms with van der Waals surface area (Å²) in [7, 11) is 0. The van der Waals surface area contributed by atoms with Crippen LogP contribution in [0.4, 0.5) is 5.69 Å². The maximum Gasteiger partial charge on any atom is 0.0526 e. The minimum Gasteiger partial charge on any atom is -0.384 e. The molecule has 0 aliphatic heterocycles. The molecule has 1 rings (SSSR count). The molecule has 0 bridgehead atoms. The largest absolute Gasteiger partial charge is 0.384 e. The molecular formula is C11H19N3. The molecule has 0 radical (unpaired) electrons. The van der Waals surface area contributed by atoms with Crippen molar-refractivity contribution >= 4 is 5.69 Å². The molecule has 0 saturated carbocycles. The number of aryl methyl sites for hydroxylation is 1. The van der Waals surface area contributed by atoms with Gasteiger partial charge in [0.05, 0.1) is 11.9 Å². The van der Waals surface area contributed by atoms with Crippen molar-refractivity contribution in [2.75, 3.05) is 11.9 Å². The predicted molar refractivity (Wildman–Crippen MR) is 60.3 cm³/mol. The number of hydrogen-bond donors (Lipinski definition) is 2. The average Bonchev–Trinajstić information content (AvgIpc) is 2.06. The number of rotatable bonds is 4. The Hall–Kier alpha value is -1.09. The molecule has 14 heavy (non-hydrogen) atoms. The molecule has 0 fully saturated rings. The van der Waals surface area contributed by atoms with Crippen LogP contribution < -0.4 is 11.1 Å². The van der Waals surface area contributed by atoms with Gasteiger partial charge in [-0.1, -0.05) is 0 Å². The molecule has 0 aliphatic rings. The zero-order valence-electron chi connectivity index (χ0n) is 9.17. The van der Waals surface area contributed by atoms with Gasteiger partial charge in [-0.3, -0.25) is 4.98 Å². The summed E-state index contributed by atoms with van der Waals surface area (Å²) in [5.74, 6) is 0. The summed E-state index contributed by atoms with van der Waals surface area (Å²) in [4.78, 5) is 4.20. The zero-order chi connectivity index (χ0) is 10.6. The van der Waals surface area contributed by atoms with Crippen molar-refractivity contribution in [1.29, 1.82) is 0 Å². The summed E-state index contributed by atoms with van der Waals surface area (Å²) in [6.45, 7) is 6.92. The van der Waals surface area contributed by atoms with Crippen LogP contribution >= 0.6 is 0 Å². The predicted octanol–water partition coefficient (Wildman–Crippen LogP) is 1.93. The molecule has 1 aromatic rings. The first-order valence-corrected chi connectivity index (χ1v) is 4.93. The van der Waals surface area contributed by atoms with Crippen molar-refractivity contribution in [3.05, 3.63) is 24.0 Å². The normalized spacial score (nSPS) is 11.4. The van der Waals surface area contributed by atoms with Gasteiger partial charge in [0.2, 0.25) is 0 Å². The van der Waals surface area contributed by atoms with Gasteiger partial charge in [0, 0.05) is 17.8 Å². The van der Waals surface area contributed by atoms with E-state index < -0.39 is 0 Å². The first kappa shape index (κ1) is 11.0. The molecule has 1 heterocycles. The topological polar surface area (TPSA) is 50.9 Å². The Morgan fingerprint density at radius 3 is 2.64 bits per heavy atom. The van der Waals surface area contributed by atoms with Crippen LogP contribution in [0.3, 0.4) is 0 Å². The van der Waals surface area contributed by atoms with E-state index in [-0.39, 0.29) is 5.54 Å². The van der Waals surface area contributed by atoms with Gasteiger partial charge in [-0.05, 0) is 39.3 Å². The highest BCUT2D eigenvalue weighted by atomic mass is 14.9. The molecule has 78 valence electrons. The number of anilines is 1. The van der Waals surface area contributed by atoms with Crippen LogP contribution in [-0.4, -0.2) is 17.1 Å². The molecule has 0 unspecified atom stereocenters. The van der Waals surface area contributed by atoms with Crippen molar-refractivity contribution in [3.63, 3.8) is 0 Å². The molecule has 3 heteroatoms. The monoisotopic (exact) mass is 193 g/mol. The molecule has 1 aromatic heterocycles. The second-order valence-corrected chi connectivity index (χ2v) is 4.35. The Morgan fingerprint density at radius 2 is 2.14 bits per heavy atom. The maximum atomic E-state index is 5.87. The van der Waals surface area contributed by atoms with E-state index in [2.05, 4.69) is 10.3 Å². The smallest absolute Gasteiger partial charge is 0.0526 e. The SMILES string of the molecule is Cc1ccc(NCCC(C)(C)N)cn1. The van der Waals surface area contributed by atoms with E-state index in [0.29, 0.717) is 0 Å². The third kappa shape index (κ3) is 4.23. The minimum absolute atomic E-state index is 0.106. The molecular weight excluding hydrogens is 174 g/mol. The Morgan fingerprint density at radius 1 is 1.43 bits per heavy atom. The van der Waals surface area contributed by atoms with Gasteiger partial charge in [0.25, 0.3) is 0 Å². The Balaban J connectivity index is 2.35. The number of nitrogens with two attached hydrogens (primary N) is 1. The van der Waals surface area contributed by atoms with Crippen LogP contribution in [0, 0.1) is 6.92 Å². The van der Waals surface area contributed by atoms with Crippen LogP contribution in [0.15, 0.2) is 18.3 Å². The van der Waals surface area contributed by atoms with E-state index in [9.17, 15) is 0 Å². The molecule has 0 spiro atoms. The van der Waals surface area contributed by atoms with Gasteiger partial charge < -0.3 is 11.1 Å². The Kier molecular flexibility index (Phi) is 3.47. The van der Waals surface area contributed by atoms with Gasteiger partial charge in [0.1, 0.15) is 0 Å². The lowest BCUT2D eigenvalue weighted by atomic mass is 10.0. The molecule has 0 atom stereocenters. The van der Waals surface area contributed by atoms with Crippen molar-refractivity contribution in [3.8, 4) is 0 Å². The number of pyridine rings is 1. The summed E-state index contributed by atoms with van der Waals surface area (Å²) in [5.41, 5.74) is 7.85. The fourth-order valence-electron chi connectivity index (χ4n) is 1.10. The fraction of sp³-hybridized carbons (Fsp3) is 0.545. The number of nitrogens with zero attached hydrogens (tertiary/aromatic N) is 1. The van der Waals surface area contributed by atoms with E-state index in [4.69, 9.17) is 5.73 Å². The van der Waals surface area contributed by atoms with E-state index in [0.717, 1.165) is 24.3 Å². The van der Waals surface area contributed by atoms with Crippen LogP contribution in [0.5, 0.6) is 0 Å². The van der Waals surface area contributed by atoms with Gasteiger partial charge in [-0.15, -0.1) is 0 Å². The molecule has 0 aliphatic carbocycles. The van der Waals surface area contributed by atoms with Crippen molar-refractivity contribution < 1.29 is 0 Å². The van der Waals surface area contributed by atoms with Crippen LogP contribution in [0.1, 0.15) is 26.0 Å². The highest BCUT2D eigenvalue weighted by molar-refractivity contribution is 5.40. The number of aromatic nitrogens is 1. The second-order valence-electron chi connectivity index (χ2n) is 4.35. The van der Waals surface area contributed by atoms with Crippen LogP contribution in [-0.2, 0) is 0 Å². The van der Waals surface area contributed by atoms with Crippen LogP contribution in [0.25, 0.3) is 0 Å². The first-order valence-electron chi connectivity index (χ1n) is 4.93. The van der Waals surface area contributed by atoms with E-state index in [1.165, 1.54) is 0 Å². The van der Waals surface area contributed by atoms with Crippen LogP contribution in [0.2, 0.25) is 0 Å². The van der Waals surface area contributed by atoms with Crippen molar-refractivity contribution in [2.24, 2.45) is 5.73 Å².